The quantitative estimate of drug-likeness (QED) is 0.322. The Labute approximate surface area is 155 Å². The van der Waals surface area contributed by atoms with Crippen LogP contribution in [0.4, 0.5) is 17.1 Å². The van der Waals surface area contributed by atoms with E-state index >= 15 is 0 Å². The maximum absolute atomic E-state index is 12.8. The number of hydrogen-bond donors (Lipinski definition) is 2. The zero-order chi connectivity index (χ0) is 18.6. The van der Waals surface area contributed by atoms with Crippen molar-refractivity contribution in [2.45, 2.75) is 0 Å². The SMILES string of the molecule is CN1C(=O)/C(=C2\Nc3ccc(Br)cc3\C2=N/O)c2cc([N+](=O)[O-])ccc21. The van der Waals surface area contributed by atoms with Crippen LogP contribution < -0.4 is 10.2 Å². The molecule has 2 aromatic rings. The molecule has 2 heterocycles. The van der Waals surface area contributed by atoms with Crippen LogP contribution in [0.15, 0.2) is 51.7 Å². The number of fused-ring (bicyclic) bond motifs is 2. The molecule has 26 heavy (non-hydrogen) atoms. The Bertz CT molecular complexity index is 1060. The van der Waals surface area contributed by atoms with Crippen LogP contribution in [0.1, 0.15) is 11.1 Å². The lowest BCUT2D eigenvalue weighted by molar-refractivity contribution is -0.384. The highest BCUT2D eigenvalue weighted by Crippen LogP contribution is 2.43. The Morgan fingerprint density at radius 3 is 2.69 bits per heavy atom. The zero-order valence-electron chi connectivity index (χ0n) is 13.4. The van der Waals surface area contributed by atoms with Crippen molar-refractivity contribution < 1.29 is 14.9 Å². The van der Waals surface area contributed by atoms with Gasteiger partial charge in [-0.1, -0.05) is 21.1 Å². The first kappa shape index (κ1) is 16.3. The molecule has 9 heteroatoms. The number of nitrogens with zero attached hydrogens (tertiary/aromatic N) is 3. The van der Waals surface area contributed by atoms with Crippen molar-refractivity contribution in [2.24, 2.45) is 5.16 Å². The van der Waals surface area contributed by atoms with Gasteiger partial charge in [-0.2, -0.15) is 0 Å². The molecular weight excluding hydrogens is 404 g/mol. The summed E-state index contributed by atoms with van der Waals surface area (Å²) in [6.45, 7) is 0. The second-order valence-corrected chi connectivity index (χ2v) is 6.75. The Morgan fingerprint density at radius 2 is 2.00 bits per heavy atom. The molecule has 1 amide bonds. The van der Waals surface area contributed by atoms with E-state index in [1.165, 1.54) is 23.1 Å². The summed E-state index contributed by atoms with van der Waals surface area (Å²) in [6, 6.07) is 9.61. The second-order valence-electron chi connectivity index (χ2n) is 5.84. The molecule has 0 saturated heterocycles. The molecule has 0 aliphatic carbocycles. The van der Waals surface area contributed by atoms with Gasteiger partial charge in [0.2, 0.25) is 0 Å². The highest BCUT2D eigenvalue weighted by molar-refractivity contribution is 9.10. The van der Waals surface area contributed by atoms with Gasteiger partial charge in [0.25, 0.3) is 11.6 Å². The predicted molar refractivity (Wildman–Crippen MR) is 99.5 cm³/mol. The number of anilines is 2. The van der Waals surface area contributed by atoms with E-state index in [0.29, 0.717) is 28.2 Å². The van der Waals surface area contributed by atoms with Gasteiger partial charge in [-0.3, -0.25) is 14.9 Å². The maximum atomic E-state index is 12.8. The van der Waals surface area contributed by atoms with E-state index in [1.807, 2.05) is 6.07 Å². The summed E-state index contributed by atoms with van der Waals surface area (Å²) in [5, 5.41) is 27.1. The number of oxime groups is 1. The number of hydrogen-bond acceptors (Lipinski definition) is 6. The molecule has 0 radical (unpaired) electrons. The molecule has 4 rings (SSSR count). The Hall–Kier alpha value is -3.20. The number of carbonyl (C=O) groups excluding carboxylic acids is 1. The lowest BCUT2D eigenvalue weighted by Crippen LogP contribution is -2.22. The molecule has 2 aliphatic rings. The first-order chi connectivity index (χ1) is 12.4. The first-order valence-electron chi connectivity index (χ1n) is 7.53. The molecule has 0 unspecified atom stereocenters. The Morgan fingerprint density at radius 1 is 1.23 bits per heavy atom. The third-order valence-corrected chi connectivity index (χ3v) is 4.92. The van der Waals surface area contributed by atoms with Crippen molar-refractivity contribution >= 4 is 50.2 Å². The molecule has 0 saturated carbocycles. The van der Waals surface area contributed by atoms with Gasteiger partial charge in [-0.25, -0.2) is 0 Å². The number of carbonyl (C=O) groups is 1. The summed E-state index contributed by atoms with van der Waals surface area (Å²) in [5.74, 6) is -0.337. The number of amides is 1. The molecular formula is C17H11BrN4O4. The number of non-ortho nitro benzene ring substituents is 1. The molecule has 0 aromatic heterocycles. The number of nitro groups is 1. The van der Waals surface area contributed by atoms with Crippen LogP contribution in [-0.2, 0) is 4.79 Å². The van der Waals surface area contributed by atoms with E-state index < -0.39 is 4.92 Å². The van der Waals surface area contributed by atoms with Crippen molar-refractivity contribution in [3.05, 3.63) is 67.8 Å². The lowest BCUT2D eigenvalue weighted by atomic mass is 10.0. The zero-order valence-corrected chi connectivity index (χ0v) is 14.9. The summed E-state index contributed by atoms with van der Waals surface area (Å²) < 4.78 is 0.788. The van der Waals surface area contributed by atoms with Crippen molar-refractivity contribution in [3.8, 4) is 0 Å². The van der Waals surface area contributed by atoms with Gasteiger partial charge >= 0.3 is 0 Å². The maximum Gasteiger partial charge on any atom is 0.270 e. The standard InChI is InChI=1S/C17H11BrN4O4/c1-21-13-5-3-9(22(25)26)7-11(13)14(17(21)23)16-15(20-24)10-6-8(18)2-4-12(10)19-16/h2-7,19,24H,1H3/b16-14-,20-15+. The Balaban J connectivity index is 1.98. The summed E-state index contributed by atoms with van der Waals surface area (Å²) in [4.78, 5) is 24.9. The smallest absolute Gasteiger partial charge is 0.270 e. The normalized spacial score (nSPS) is 19.5. The van der Waals surface area contributed by atoms with Crippen molar-refractivity contribution in [3.63, 3.8) is 0 Å². The number of likely N-dealkylation sites (N-methyl/N-ethyl adjacent to an activating group) is 1. The van der Waals surface area contributed by atoms with E-state index in [9.17, 15) is 20.1 Å². The van der Waals surface area contributed by atoms with Crippen LogP contribution in [0.2, 0.25) is 0 Å². The summed E-state index contributed by atoms with van der Waals surface area (Å²) in [6.07, 6.45) is 0. The van der Waals surface area contributed by atoms with E-state index in [-0.39, 0.29) is 22.9 Å². The molecule has 2 aromatic carbocycles. The van der Waals surface area contributed by atoms with Crippen LogP contribution in [0, 0.1) is 10.1 Å². The summed E-state index contributed by atoms with van der Waals surface area (Å²) in [5.41, 5.74) is 2.91. The van der Waals surface area contributed by atoms with Crippen molar-refractivity contribution in [1.82, 2.24) is 0 Å². The molecule has 0 spiro atoms. The van der Waals surface area contributed by atoms with E-state index in [4.69, 9.17) is 0 Å². The van der Waals surface area contributed by atoms with Crippen LogP contribution in [0.25, 0.3) is 5.57 Å². The number of rotatable bonds is 1. The minimum absolute atomic E-state index is 0.120. The molecule has 0 fully saturated rings. The van der Waals surface area contributed by atoms with Gasteiger partial charge in [-0.05, 0) is 24.3 Å². The van der Waals surface area contributed by atoms with E-state index in [2.05, 4.69) is 26.4 Å². The third-order valence-electron chi connectivity index (χ3n) is 4.42. The van der Waals surface area contributed by atoms with Crippen molar-refractivity contribution in [1.29, 1.82) is 0 Å². The van der Waals surface area contributed by atoms with Crippen LogP contribution in [0.5, 0.6) is 0 Å². The number of nitrogens with one attached hydrogen (secondary N) is 1. The average Bonchev–Trinajstić information content (AvgIpc) is 3.09. The summed E-state index contributed by atoms with van der Waals surface area (Å²) in [7, 11) is 1.59. The molecule has 130 valence electrons. The fourth-order valence-corrected chi connectivity index (χ4v) is 3.56. The highest BCUT2D eigenvalue weighted by atomic mass is 79.9. The molecule has 0 atom stereocenters. The first-order valence-corrected chi connectivity index (χ1v) is 8.32. The molecule has 0 bridgehead atoms. The van der Waals surface area contributed by atoms with Crippen LogP contribution in [0.3, 0.4) is 0 Å². The van der Waals surface area contributed by atoms with Crippen LogP contribution in [-0.4, -0.2) is 28.8 Å². The number of allylic oxidation sites excluding steroid dienone is 1. The minimum Gasteiger partial charge on any atom is -0.410 e. The number of halogens is 1. The summed E-state index contributed by atoms with van der Waals surface area (Å²) >= 11 is 3.37. The topological polar surface area (TPSA) is 108 Å². The monoisotopic (exact) mass is 414 g/mol. The van der Waals surface area contributed by atoms with E-state index in [1.54, 1.807) is 19.2 Å². The predicted octanol–water partition coefficient (Wildman–Crippen LogP) is 3.35. The van der Waals surface area contributed by atoms with Gasteiger partial charge in [0.05, 0.1) is 21.9 Å². The second kappa shape index (κ2) is 5.67. The number of benzene rings is 2. The minimum atomic E-state index is -0.514. The third kappa shape index (κ3) is 2.21. The number of nitro benzene ring substituents is 1. The van der Waals surface area contributed by atoms with E-state index in [0.717, 1.165) is 4.47 Å². The lowest BCUT2D eigenvalue weighted by Gasteiger charge is -2.08. The van der Waals surface area contributed by atoms with Gasteiger partial charge in [0.15, 0.2) is 0 Å². The van der Waals surface area contributed by atoms with Gasteiger partial charge in [0.1, 0.15) is 5.71 Å². The highest BCUT2D eigenvalue weighted by Gasteiger charge is 2.38. The van der Waals surface area contributed by atoms with Crippen molar-refractivity contribution in [2.75, 3.05) is 17.3 Å². The van der Waals surface area contributed by atoms with Gasteiger partial charge in [0, 0.05) is 40.5 Å². The fraction of sp³-hybridized carbons (Fsp3) is 0.0588. The Kier molecular flexibility index (Phi) is 3.55. The fourth-order valence-electron chi connectivity index (χ4n) is 3.20. The average molecular weight is 415 g/mol. The van der Waals surface area contributed by atoms with Gasteiger partial charge < -0.3 is 15.4 Å². The largest absolute Gasteiger partial charge is 0.410 e. The van der Waals surface area contributed by atoms with Crippen LogP contribution >= 0.6 is 15.9 Å². The van der Waals surface area contributed by atoms with Gasteiger partial charge in [-0.15, -0.1) is 0 Å². The molecule has 2 N–H and O–H groups in total. The molecule has 2 aliphatic heterocycles. The molecule has 8 nitrogen and oxygen atoms in total.